The molecule has 1 aromatic carbocycles. The summed E-state index contributed by atoms with van der Waals surface area (Å²) in [6, 6.07) is 11.3. The van der Waals surface area contributed by atoms with Gasteiger partial charge < -0.3 is 14.9 Å². The van der Waals surface area contributed by atoms with E-state index in [0.717, 1.165) is 23.4 Å². The van der Waals surface area contributed by atoms with E-state index in [9.17, 15) is 4.79 Å². The van der Waals surface area contributed by atoms with Crippen LogP contribution in [0, 0.1) is 0 Å². The standard InChI is InChI=1S/C17H16N4O3S/c22-9-15-19-20-17(25-15)11-6-12(7-11)18-16(23)13-8-14(24-21-13)10-4-2-1-3-5-10/h1-5,8,11-12,22H,6-7,9H2,(H,18,23)/t11-,12+. The molecule has 1 aliphatic carbocycles. The van der Waals surface area contributed by atoms with Crippen molar-refractivity contribution in [2.75, 3.05) is 0 Å². The van der Waals surface area contributed by atoms with Gasteiger partial charge in [-0.25, -0.2) is 0 Å². The van der Waals surface area contributed by atoms with Crippen LogP contribution in [0.1, 0.15) is 39.3 Å². The van der Waals surface area contributed by atoms with E-state index in [2.05, 4.69) is 20.7 Å². The predicted octanol–water partition coefficient (Wildman–Crippen LogP) is 2.36. The van der Waals surface area contributed by atoms with E-state index in [1.807, 2.05) is 30.3 Å². The highest BCUT2D eigenvalue weighted by Crippen LogP contribution is 2.38. The number of aromatic nitrogens is 3. The smallest absolute Gasteiger partial charge is 0.273 e. The highest BCUT2D eigenvalue weighted by atomic mass is 32.1. The van der Waals surface area contributed by atoms with Gasteiger partial charge in [0.2, 0.25) is 0 Å². The van der Waals surface area contributed by atoms with Crippen LogP contribution in [-0.2, 0) is 6.61 Å². The number of hydrogen-bond acceptors (Lipinski definition) is 7. The second kappa shape index (κ2) is 6.73. The lowest BCUT2D eigenvalue weighted by Crippen LogP contribution is -2.43. The number of amides is 1. The Balaban J connectivity index is 1.34. The molecule has 0 atom stereocenters. The van der Waals surface area contributed by atoms with Crippen molar-refractivity contribution in [3.8, 4) is 11.3 Å². The number of aliphatic hydroxyl groups is 1. The van der Waals surface area contributed by atoms with Crippen molar-refractivity contribution in [1.29, 1.82) is 0 Å². The molecule has 0 radical (unpaired) electrons. The summed E-state index contributed by atoms with van der Waals surface area (Å²) in [6.07, 6.45) is 1.63. The zero-order chi connectivity index (χ0) is 17.2. The van der Waals surface area contributed by atoms with Crippen LogP contribution in [0.3, 0.4) is 0 Å². The van der Waals surface area contributed by atoms with Crippen LogP contribution in [0.2, 0.25) is 0 Å². The van der Waals surface area contributed by atoms with E-state index >= 15 is 0 Å². The molecule has 1 amide bonds. The Kier molecular flexibility index (Phi) is 4.29. The first-order chi connectivity index (χ1) is 12.2. The quantitative estimate of drug-likeness (QED) is 0.728. The van der Waals surface area contributed by atoms with Crippen LogP contribution in [0.15, 0.2) is 40.9 Å². The van der Waals surface area contributed by atoms with Gasteiger partial charge in [0, 0.05) is 23.6 Å². The van der Waals surface area contributed by atoms with Crippen molar-refractivity contribution in [3.05, 3.63) is 52.1 Å². The number of nitrogens with one attached hydrogen (secondary N) is 1. The Bertz CT molecular complexity index is 871. The Hall–Kier alpha value is -2.58. The van der Waals surface area contributed by atoms with Crippen molar-refractivity contribution in [2.24, 2.45) is 0 Å². The molecule has 4 rings (SSSR count). The highest BCUT2D eigenvalue weighted by molar-refractivity contribution is 7.11. The minimum absolute atomic E-state index is 0.0829. The molecule has 1 fully saturated rings. The molecule has 0 aliphatic heterocycles. The molecule has 0 bridgehead atoms. The van der Waals surface area contributed by atoms with Gasteiger partial charge in [0.1, 0.15) is 10.0 Å². The van der Waals surface area contributed by atoms with E-state index in [4.69, 9.17) is 9.63 Å². The second-order valence-corrected chi connectivity index (χ2v) is 7.07. The maximum Gasteiger partial charge on any atom is 0.273 e. The van der Waals surface area contributed by atoms with E-state index in [1.165, 1.54) is 11.3 Å². The number of carbonyl (C=O) groups excluding carboxylic acids is 1. The predicted molar refractivity (Wildman–Crippen MR) is 91.0 cm³/mol. The van der Waals surface area contributed by atoms with Crippen molar-refractivity contribution >= 4 is 17.2 Å². The third-order valence-electron chi connectivity index (χ3n) is 4.24. The van der Waals surface area contributed by atoms with Gasteiger partial charge >= 0.3 is 0 Å². The number of rotatable bonds is 5. The third-order valence-corrected chi connectivity index (χ3v) is 5.31. The zero-order valence-electron chi connectivity index (χ0n) is 13.3. The van der Waals surface area contributed by atoms with E-state index in [-0.39, 0.29) is 24.2 Å². The first-order valence-corrected chi connectivity index (χ1v) is 8.80. The topological polar surface area (TPSA) is 101 Å². The third kappa shape index (κ3) is 3.31. The summed E-state index contributed by atoms with van der Waals surface area (Å²) in [6.45, 7) is -0.0829. The molecule has 0 unspecified atom stereocenters. The van der Waals surface area contributed by atoms with Gasteiger partial charge in [-0.3, -0.25) is 4.79 Å². The SMILES string of the molecule is O=C(N[C@H]1C[C@@H](c2nnc(CO)s2)C1)c1cc(-c2ccccc2)on1. The minimum Gasteiger partial charge on any atom is -0.389 e. The first-order valence-electron chi connectivity index (χ1n) is 7.99. The number of hydrogen-bond donors (Lipinski definition) is 2. The summed E-state index contributed by atoms with van der Waals surface area (Å²) in [4.78, 5) is 12.3. The molecule has 2 heterocycles. The largest absolute Gasteiger partial charge is 0.389 e. The molecule has 25 heavy (non-hydrogen) atoms. The Morgan fingerprint density at radius 1 is 1.28 bits per heavy atom. The van der Waals surface area contributed by atoms with E-state index in [1.54, 1.807) is 6.07 Å². The van der Waals surface area contributed by atoms with Crippen LogP contribution in [-0.4, -0.2) is 32.4 Å². The Morgan fingerprint density at radius 2 is 2.08 bits per heavy atom. The van der Waals surface area contributed by atoms with Gasteiger partial charge in [-0.15, -0.1) is 10.2 Å². The van der Waals surface area contributed by atoms with Crippen molar-refractivity contribution in [2.45, 2.75) is 31.4 Å². The number of carbonyl (C=O) groups is 1. The molecular formula is C17H16N4O3S. The molecule has 1 aliphatic rings. The fourth-order valence-electron chi connectivity index (χ4n) is 2.81. The molecular weight excluding hydrogens is 340 g/mol. The second-order valence-electron chi connectivity index (χ2n) is 5.97. The number of benzene rings is 1. The molecule has 2 aromatic heterocycles. The van der Waals surface area contributed by atoms with Gasteiger partial charge in [0.25, 0.3) is 5.91 Å². The highest BCUT2D eigenvalue weighted by Gasteiger charge is 2.34. The van der Waals surface area contributed by atoms with Gasteiger partial charge in [-0.2, -0.15) is 0 Å². The lowest BCUT2D eigenvalue weighted by Gasteiger charge is -2.33. The minimum atomic E-state index is -0.234. The van der Waals surface area contributed by atoms with Crippen LogP contribution >= 0.6 is 11.3 Å². The number of nitrogens with zero attached hydrogens (tertiary/aromatic N) is 3. The molecule has 0 spiro atoms. The maximum atomic E-state index is 12.3. The Labute approximate surface area is 147 Å². The molecule has 1 saturated carbocycles. The van der Waals surface area contributed by atoms with E-state index in [0.29, 0.717) is 16.7 Å². The van der Waals surface area contributed by atoms with E-state index < -0.39 is 0 Å². The fourth-order valence-corrected chi connectivity index (χ4v) is 3.64. The summed E-state index contributed by atoms with van der Waals surface area (Å²) >= 11 is 1.42. The monoisotopic (exact) mass is 356 g/mol. The summed E-state index contributed by atoms with van der Waals surface area (Å²) in [5, 5.41) is 25.4. The molecule has 3 aromatic rings. The van der Waals surface area contributed by atoms with Crippen molar-refractivity contribution in [3.63, 3.8) is 0 Å². The van der Waals surface area contributed by atoms with Crippen LogP contribution in [0.25, 0.3) is 11.3 Å². The molecule has 7 nitrogen and oxygen atoms in total. The van der Waals surface area contributed by atoms with Gasteiger partial charge in [-0.05, 0) is 12.8 Å². The van der Waals surface area contributed by atoms with Gasteiger partial charge in [0.05, 0.1) is 6.61 Å². The normalized spacial score (nSPS) is 19.4. The van der Waals surface area contributed by atoms with Crippen molar-refractivity contribution in [1.82, 2.24) is 20.7 Å². The molecule has 0 saturated heterocycles. The molecule has 2 N–H and O–H groups in total. The molecule has 128 valence electrons. The maximum absolute atomic E-state index is 12.3. The lowest BCUT2D eigenvalue weighted by atomic mass is 9.80. The van der Waals surface area contributed by atoms with Gasteiger partial charge in [-0.1, -0.05) is 46.8 Å². The Morgan fingerprint density at radius 3 is 2.80 bits per heavy atom. The molecule has 8 heteroatoms. The summed E-state index contributed by atoms with van der Waals surface area (Å²) in [5.74, 6) is 0.630. The lowest BCUT2D eigenvalue weighted by molar-refractivity contribution is 0.0899. The fraction of sp³-hybridized carbons (Fsp3) is 0.294. The van der Waals surface area contributed by atoms with Gasteiger partial charge in [0.15, 0.2) is 11.5 Å². The van der Waals surface area contributed by atoms with Crippen LogP contribution in [0.4, 0.5) is 0 Å². The summed E-state index contributed by atoms with van der Waals surface area (Å²) < 4.78 is 5.26. The average molecular weight is 356 g/mol. The summed E-state index contributed by atoms with van der Waals surface area (Å²) in [7, 11) is 0. The first kappa shape index (κ1) is 15.9. The number of aliphatic hydroxyl groups excluding tert-OH is 1. The van der Waals surface area contributed by atoms with Crippen molar-refractivity contribution < 1.29 is 14.4 Å². The summed E-state index contributed by atoms with van der Waals surface area (Å²) in [5.41, 5.74) is 1.16. The zero-order valence-corrected chi connectivity index (χ0v) is 14.1. The average Bonchev–Trinajstić information content (AvgIpc) is 3.27. The van der Waals surface area contributed by atoms with Crippen LogP contribution < -0.4 is 5.32 Å². The van der Waals surface area contributed by atoms with Crippen LogP contribution in [0.5, 0.6) is 0 Å².